The van der Waals surface area contributed by atoms with Crippen LogP contribution in [0.5, 0.6) is 0 Å². The zero-order valence-corrected chi connectivity index (χ0v) is 10.7. The van der Waals surface area contributed by atoms with Crippen LogP contribution in [0.1, 0.15) is 52.4 Å². The van der Waals surface area contributed by atoms with Crippen LogP contribution in [0.4, 0.5) is 0 Å². The summed E-state index contributed by atoms with van der Waals surface area (Å²) in [6.45, 7) is 3.13. The minimum atomic E-state index is -1.70. The second kappa shape index (κ2) is 8.00. The smallest absolute Gasteiger partial charge is 0.159 e. The third kappa shape index (κ3) is 10.7. The van der Waals surface area contributed by atoms with Crippen molar-refractivity contribution in [1.82, 2.24) is 0 Å². The Balaban J connectivity index is 3.67. The third-order valence-electron chi connectivity index (χ3n) is 2.75. The molecule has 0 aliphatic heterocycles. The molecule has 5 N–H and O–H groups in total. The Bertz CT molecular complexity index is 190. The van der Waals surface area contributed by atoms with E-state index in [0.717, 1.165) is 0 Å². The molecule has 3 atom stereocenters. The van der Waals surface area contributed by atoms with Crippen molar-refractivity contribution in [3.63, 3.8) is 0 Å². The third-order valence-corrected chi connectivity index (χ3v) is 2.75. The molecule has 0 aliphatic carbocycles. The van der Waals surface area contributed by atoms with Crippen LogP contribution >= 0.6 is 0 Å². The molecule has 17 heavy (non-hydrogen) atoms. The Labute approximate surface area is 103 Å². The molecule has 104 valence electrons. The van der Waals surface area contributed by atoms with Gasteiger partial charge in [0.05, 0.1) is 18.3 Å². The first-order valence-electron chi connectivity index (χ1n) is 6.23. The normalized spacial score (nSPS) is 17.8. The molecule has 0 saturated carbocycles. The molecule has 0 aromatic rings. The quantitative estimate of drug-likeness (QED) is 0.374. The average molecular weight is 250 g/mol. The molecule has 3 unspecified atom stereocenters. The number of hydrogen-bond acceptors (Lipinski definition) is 5. The fraction of sp³-hybridized carbons (Fsp3) is 1.00. The van der Waals surface area contributed by atoms with Crippen LogP contribution in [0.25, 0.3) is 0 Å². The van der Waals surface area contributed by atoms with Gasteiger partial charge >= 0.3 is 0 Å². The van der Waals surface area contributed by atoms with Crippen molar-refractivity contribution >= 4 is 0 Å². The van der Waals surface area contributed by atoms with Crippen molar-refractivity contribution < 1.29 is 25.5 Å². The van der Waals surface area contributed by atoms with Crippen LogP contribution < -0.4 is 0 Å². The molecule has 5 nitrogen and oxygen atoms in total. The maximum Gasteiger partial charge on any atom is 0.159 e. The minimum Gasteiger partial charge on any atom is -0.393 e. The lowest BCUT2D eigenvalue weighted by Gasteiger charge is -2.19. The summed E-state index contributed by atoms with van der Waals surface area (Å²) in [5.41, 5.74) is 0. The van der Waals surface area contributed by atoms with E-state index < -0.39 is 24.1 Å². The first-order valence-corrected chi connectivity index (χ1v) is 6.23. The highest BCUT2D eigenvalue weighted by Gasteiger charge is 2.18. The van der Waals surface area contributed by atoms with E-state index >= 15 is 0 Å². The molecule has 0 rings (SSSR count). The van der Waals surface area contributed by atoms with Gasteiger partial charge in [-0.05, 0) is 39.0 Å². The fourth-order valence-corrected chi connectivity index (χ4v) is 1.68. The Morgan fingerprint density at radius 2 is 1.47 bits per heavy atom. The van der Waals surface area contributed by atoms with Crippen LogP contribution in [0, 0.1) is 0 Å². The van der Waals surface area contributed by atoms with E-state index in [4.69, 9.17) is 10.2 Å². The zero-order chi connectivity index (χ0) is 13.5. The van der Waals surface area contributed by atoms with Crippen LogP contribution in [0.3, 0.4) is 0 Å². The Kier molecular flexibility index (Phi) is 7.91. The summed E-state index contributed by atoms with van der Waals surface area (Å²) in [4.78, 5) is 0. The summed E-state index contributed by atoms with van der Waals surface area (Å²) in [5, 5.41) is 46.6. The van der Waals surface area contributed by atoms with Crippen molar-refractivity contribution in [3.8, 4) is 0 Å². The molecule has 0 saturated heterocycles. The highest BCUT2D eigenvalue weighted by atomic mass is 16.5. The molecular formula is C12H26O5. The molecule has 0 aliphatic rings. The predicted molar refractivity (Wildman–Crippen MR) is 64.2 cm³/mol. The molecule has 0 bridgehead atoms. The highest BCUT2D eigenvalue weighted by molar-refractivity contribution is 4.68. The molecule has 0 aromatic carbocycles. The zero-order valence-electron chi connectivity index (χ0n) is 10.7. The Hall–Kier alpha value is -0.200. The van der Waals surface area contributed by atoms with Crippen molar-refractivity contribution in [1.29, 1.82) is 0 Å². The van der Waals surface area contributed by atoms with Gasteiger partial charge in [-0.2, -0.15) is 0 Å². The largest absolute Gasteiger partial charge is 0.393 e. The topological polar surface area (TPSA) is 101 Å². The van der Waals surface area contributed by atoms with Gasteiger partial charge in [0.1, 0.15) is 0 Å². The van der Waals surface area contributed by atoms with Gasteiger partial charge in [0.25, 0.3) is 0 Å². The average Bonchev–Trinajstić information content (AvgIpc) is 2.14. The molecule has 0 radical (unpaired) electrons. The van der Waals surface area contributed by atoms with Gasteiger partial charge in [-0.3, -0.25) is 0 Å². The summed E-state index contributed by atoms with van der Waals surface area (Å²) in [5.74, 6) is -1.70. The Morgan fingerprint density at radius 1 is 0.941 bits per heavy atom. The SMILES string of the molecule is CCC(O)CC(O)CC(O)CCCC(C)(O)O. The van der Waals surface area contributed by atoms with E-state index in [1.165, 1.54) is 6.92 Å². The van der Waals surface area contributed by atoms with Crippen molar-refractivity contribution in [2.45, 2.75) is 76.5 Å². The van der Waals surface area contributed by atoms with E-state index in [1.807, 2.05) is 6.92 Å². The van der Waals surface area contributed by atoms with Crippen molar-refractivity contribution in [2.75, 3.05) is 0 Å². The highest BCUT2D eigenvalue weighted by Crippen LogP contribution is 2.15. The maximum atomic E-state index is 9.60. The lowest BCUT2D eigenvalue weighted by atomic mass is 10.00. The standard InChI is InChI=1S/C12H26O5/c1-3-9(13)7-11(15)8-10(14)5-4-6-12(2,16)17/h9-11,13-17H,3-8H2,1-2H3. The Morgan fingerprint density at radius 3 is 1.94 bits per heavy atom. The molecule has 0 amide bonds. The summed E-state index contributed by atoms with van der Waals surface area (Å²) in [6.07, 6.45) is 0.235. The fourth-order valence-electron chi connectivity index (χ4n) is 1.68. The summed E-state index contributed by atoms with van der Waals surface area (Å²) < 4.78 is 0. The van der Waals surface area contributed by atoms with Gasteiger partial charge in [-0.1, -0.05) is 6.92 Å². The molecule has 5 heteroatoms. The first-order chi connectivity index (χ1) is 7.74. The van der Waals surface area contributed by atoms with Gasteiger partial charge in [0, 0.05) is 6.42 Å². The van der Waals surface area contributed by atoms with Crippen LogP contribution in [-0.4, -0.2) is 49.6 Å². The second-order valence-corrected chi connectivity index (χ2v) is 4.95. The number of aliphatic hydroxyl groups is 5. The van der Waals surface area contributed by atoms with Gasteiger partial charge < -0.3 is 25.5 Å². The predicted octanol–water partition coefficient (Wildman–Crippen LogP) is 0.130. The van der Waals surface area contributed by atoms with E-state index in [2.05, 4.69) is 0 Å². The van der Waals surface area contributed by atoms with E-state index in [0.29, 0.717) is 19.3 Å². The molecular weight excluding hydrogens is 224 g/mol. The van der Waals surface area contributed by atoms with E-state index in [1.54, 1.807) is 0 Å². The summed E-state index contributed by atoms with van der Waals surface area (Å²) >= 11 is 0. The first kappa shape index (κ1) is 16.8. The summed E-state index contributed by atoms with van der Waals surface area (Å²) in [7, 11) is 0. The van der Waals surface area contributed by atoms with Crippen LogP contribution in [0.2, 0.25) is 0 Å². The van der Waals surface area contributed by atoms with Gasteiger partial charge in [-0.25, -0.2) is 0 Å². The number of hydrogen-bond donors (Lipinski definition) is 5. The van der Waals surface area contributed by atoms with Gasteiger partial charge in [-0.15, -0.1) is 0 Å². The molecule has 0 heterocycles. The monoisotopic (exact) mass is 250 g/mol. The van der Waals surface area contributed by atoms with Gasteiger partial charge in [0.2, 0.25) is 0 Å². The van der Waals surface area contributed by atoms with E-state index in [9.17, 15) is 15.3 Å². The lowest BCUT2D eigenvalue weighted by Crippen LogP contribution is -2.25. The number of aliphatic hydroxyl groups excluding tert-OH is 3. The van der Waals surface area contributed by atoms with Crippen LogP contribution in [0.15, 0.2) is 0 Å². The second-order valence-electron chi connectivity index (χ2n) is 4.95. The maximum absolute atomic E-state index is 9.60. The van der Waals surface area contributed by atoms with E-state index in [-0.39, 0.29) is 19.3 Å². The van der Waals surface area contributed by atoms with Crippen molar-refractivity contribution in [3.05, 3.63) is 0 Å². The lowest BCUT2D eigenvalue weighted by molar-refractivity contribution is -0.151. The minimum absolute atomic E-state index is 0.192. The van der Waals surface area contributed by atoms with Crippen molar-refractivity contribution in [2.24, 2.45) is 0 Å². The van der Waals surface area contributed by atoms with Gasteiger partial charge in [0.15, 0.2) is 5.79 Å². The number of rotatable bonds is 9. The van der Waals surface area contributed by atoms with Crippen LogP contribution in [-0.2, 0) is 0 Å². The molecule has 0 aromatic heterocycles. The molecule has 0 spiro atoms. The summed E-state index contributed by atoms with van der Waals surface area (Å²) in [6, 6.07) is 0. The molecule has 0 fully saturated rings.